The summed E-state index contributed by atoms with van der Waals surface area (Å²) in [6, 6.07) is 6.35. The zero-order valence-corrected chi connectivity index (χ0v) is 13.4. The van der Waals surface area contributed by atoms with Gasteiger partial charge in [0, 0.05) is 12.3 Å². The van der Waals surface area contributed by atoms with Crippen molar-refractivity contribution >= 4 is 5.78 Å². The first-order valence-corrected chi connectivity index (χ1v) is 7.85. The quantitative estimate of drug-likeness (QED) is 0.659. The maximum atomic E-state index is 11.6. The summed E-state index contributed by atoms with van der Waals surface area (Å²) < 4.78 is 5.67. The van der Waals surface area contributed by atoms with Gasteiger partial charge in [0.2, 0.25) is 0 Å². The topological polar surface area (TPSA) is 26.3 Å². The number of benzene rings is 1. The zero-order valence-electron chi connectivity index (χ0n) is 13.4. The Balaban J connectivity index is 2.59. The van der Waals surface area contributed by atoms with Crippen LogP contribution in [0, 0.1) is 5.92 Å². The third-order valence-electron chi connectivity index (χ3n) is 3.54. The van der Waals surface area contributed by atoms with Gasteiger partial charge in [-0.2, -0.15) is 0 Å². The standard InChI is InChI=1S/C18H28O2/c1-5-12-20-17-11-10-16(15(6-2)13-17)8-7-9-18(19)14(3)4/h10-11,13-14H,5-9,12H2,1-4H3. The van der Waals surface area contributed by atoms with E-state index in [1.54, 1.807) is 0 Å². The normalized spacial score (nSPS) is 10.8. The highest BCUT2D eigenvalue weighted by atomic mass is 16.5. The molecule has 0 unspecified atom stereocenters. The van der Waals surface area contributed by atoms with Crippen molar-refractivity contribution < 1.29 is 9.53 Å². The van der Waals surface area contributed by atoms with Crippen molar-refractivity contribution in [2.45, 2.75) is 59.8 Å². The van der Waals surface area contributed by atoms with Gasteiger partial charge in [-0.25, -0.2) is 0 Å². The molecular formula is C18H28O2. The molecule has 0 atom stereocenters. The minimum atomic E-state index is 0.158. The Morgan fingerprint density at radius 3 is 2.55 bits per heavy atom. The molecule has 0 radical (unpaired) electrons. The minimum Gasteiger partial charge on any atom is -0.494 e. The van der Waals surface area contributed by atoms with Crippen LogP contribution in [0.25, 0.3) is 0 Å². The first kappa shape index (κ1) is 16.7. The second-order valence-electron chi connectivity index (χ2n) is 5.61. The molecule has 0 N–H and O–H groups in total. The molecule has 0 aliphatic rings. The predicted octanol–water partition coefficient (Wildman–Crippen LogP) is 4.59. The second-order valence-corrected chi connectivity index (χ2v) is 5.61. The van der Waals surface area contributed by atoms with Gasteiger partial charge in [-0.3, -0.25) is 4.79 Å². The average molecular weight is 276 g/mol. The largest absolute Gasteiger partial charge is 0.494 e. The summed E-state index contributed by atoms with van der Waals surface area (Å²) in [7, 11) is 0. The van der Waals surface area contributed by atoms with E-state index in [4.69, 9.17) is 4.74 Å². The average Bonchev–Trinajstić information content (AvgIpc) is 2.45. The number of rotatable bonds is 9. The summed E-state index contributed by atoms with van der Waals surface area (Å²) in [5.74, 6) is 1.49. The van der Waals surface area contributed by atoms with E-state index in [2.05, 4.69) is 32.0 Å². The monoisotopic (exact) mass is 276 g/mol. The Labute approximate surface area is 123 Å². The number of ketones is 1. The highest BCUT2D eigenvalue weighted by molar-refractivity contribution is 5.80. The van der Waals surface area contributed by atoms with E-state index in [1.807, 2.05) is 13.8 Å². The van der Waals surface area contributed by atoms with Gasteiger partial charge in [0.1, 0.15) is 11.5 Å². The summed E-state index contributed by atoms with van der Waals surface area (Å²) in [5, 5.41) is 0. The van der Waals surface area contributed by atoms with Crippen LogP contribution in [0.3, 0.4) is 0 Å². The lowest BCUT2D eigenvalue weighted by Gasteiger charge is -2.11. The Kier molecular flexibility index (Phi) is 7.35. The van der Waals surface area contributed by atoms with Crippen molar-refractivity contribution in [2.24, 2.45) is 5.92 Å². The lowest BCUT2D eigenvalue weighted by atomic mass is 9.97. The number of carbonyl (C=O) groups excluding carboxylic acids is 1. The molecule has 1 aromatic rings. The number of aryl methyl sites for hydroxylation is 2. The Bertz CT molecular complexity index is 421. The molecule has 0 saturated carbocycles. The van der Waals surface area contributed by atoms with Gasteiger partial charge in [-0.05, 0) is 48.9 Å². The van der Waals surface area contributed by atoms with Gasteiger partial charge in [-0.15, -0.1) is 0 Å². The minimum absolute atomic E-state index is 0.158. The van der Waals surface area contributed by atoms with Crippen molar-refractivity contribution in [1.82, 2.24) is 0 Å². The van der Waals surface area contributed by atoms with Gasteiger partial charge in [-0.1, -0.05) is 33.8 Å². The lowest BCUT2D eigenvalue weighted by Crippen LogP contribution is -2.07. The van der Waals surface area contributed by atoms with Crippen LogP contribution >= 0.6 is 0 Å². The molecule has 1 aromatic carbocycles. The number of Topliss-reactive ketones (excluding diaryl/α,β-unsaturated/α-hetero) is 1. The molecular weight excluding hydrogens is 248 g/mol. The van der Waals surface area contributed by atoms with Crippen LogP contribution in [0.15, 0.2) is 18.2 Å². The van der Waals surface area contributed by atoms with E-state index in [9.17, 15) is 4.79 Å². The summed E-state index contributed by atoms with van der Waals surface area (Å²) in [5.41, 5.74) is 2.70. The molecule has 1 rings (SSSR count). The first-order valence-electron chi connectivity index (χ1n) is 7.85. The smallest absolute Gasteiger partial charge is 0.135 e. The van der Waals surface area contributed by atoms with Gasteiger partial charge in [0.05, 0.1) is 6.61 Å². The van der Waals surface area contributed by atoms with Crippen LogP contribution in [0.2, 0.25) is 0 Å². The number of ether oxygens (including phenoxy) is 1. The van der Waals surface area contributed by atoms with Crippen molar-refractivity contribution in [3.8, 4) is 5.75 Å². The SMILES string of the molecule is CCCOc1ccc(CCCC(=O)C(C)C)c(CC)c1. The molecule has 2 nitrogen and oxygen atoms in total. The van der Waals surface area contributed by atoms with Crippen LogP contribution in [0.1, 0.15) is 58.1 Å². The fraction of sp³-hybridized carbons (Fsp3) is 0.611. The van der Waals surface area contributed by atoms with Gasteiger partial charge >= 0.3 is 0 Å². The second kappa shape index (κ2) is 8.78. The van der Waals surface area contributed by atoms with Gasteiger partial charge in [0.25, 0.3) is 0 Å². The Morgan fingerprint density at radius 1 is 1.20 bits per heavy atom. The highest BCUT2D eigenvalue weighted by Crippen LogP contribution is 2.21. The highest BCUT2D eigenvalue weighted by Gasteiger charge is 2.08. The Hall–Kier alpha value is -1.31. The molecule has 0 bridgehead atoms. The number of carbonyl (C=O) groups is 1. The van der Waals surface area contributed by atoms with E-state index in [1.165, 1.54) is 11.1 Å². The summed E-state index contributed by atoms with van der Waals surface area (Å²) in [6.45, 7) is 8.99. The molecule has 0 aliphatic heterocycles. The van der Waals surface area contributed by atoms with Crippen molar-refractivity contribution in [2.75, 3.05) is 6.61 Å². The molecule has 0 aromatic heterocycles. The van der Waals surface area contributed by atoms with E-state index < -0.39 is 0 Å². The summed E-state index contributed by atoms with van der Waals surface area (Å²) >= 11 is 0. The molecule has 0 aliphatic carbocycles. The van der Waals surface area contributed by atoms with Crippen LogP contribution in [0.4, 0.5) is 0 Å². The predicted molar refractivity (Wildman–Crippen MR) is 84.4 cm³/mol. The number of hydrogen-bond donors (Lipinski definition) is 0. The fourth-order valence-corrected chi connectivity index (χ4v) is 2.23. The molecule has 0 amide bonds. The molecule has 0 saturated heterocycles. The lowest BCUT2D eigenvalue weighted by molar-refractivity contribution is -0.121. The van der Waals surface area contributed by atoms with Crippen LogP contribution < -0.4 is 4.74 Å². The van der Waals surface area contributed by atoms with Crippen molar-refractivity contribution in [3.05, 3.63) is 29.3 Å². The Morgan fingerprint density at radius 2 is 1.95 bits per heavy atom. The van der Waals surface area contributed by atoms with E-state index in [-0.39, 0.29) is 5.92 Å². The van der Waals surface area contributed by atoms with E-state index in [0.29, 0.717) is 12.2 Å². The van der Waals surface area contributed by atoms with Crippen molar-refractivity contribution in [3.63, 3.8) is 0 Å². The third kappa shape index (κ3) is 5.36. The number of hydrogen-bond acceptors (Lipinski definition) is 2. The molecule has 2 heteroatoms. The van der Waals surface area contributed by atoms with Crippen molar-refractivity contribution in [1.29, 1.82) is 0 Å². The molecule has 0 heterocycles. The fourth-order valence-electron chi connectivity index (χ4n) is 2.23. The van der Waals surface area contributed by atoms with Gasteiger partial charge < -0.3 is 4.74 Å². The van der Waals surface area contributed by atoms with Crippen LogP contribution in [-0.2, 0) is 17.6 Å². The summed E-state index contributed by atoms with van der Waals surface area (Å²) in [4.78, 5) is 11.6. The van der Waals surface area contributed by atoms with E-state index >= 15 is 0 Å². The van der Waals surface area contributed by atoms with Crippen LogP contribution in [-0.4, -0.2) is 12.4 Å². The first-order chi connectivity index (χ1) is 9.58. The van der Waals surface area contributed by atoms with Crippen LogP contribution in [0.5, 0.6) is 5.75 Å². The maximum absolute atomic E-state index is 11.6. The molecule has 20 heavy (non-hydrogen) atoms. The molecule has 112 valence electrons. The van der Waals surface area contributed by atoms with Gasteiger partial charge in [0.15, 0.2) is 0 Å². The summed E-state index contributed by atoms with van der Waals surface area (Å²) in [6.07, 6.45) is 4.65. The molecule has 0 spiro atoms. The molecule has 0 fully saturated rings. The maximum Gasteiger partial charge on any atom is 0.135 e. The zero-order chi connectivity index (χ0) is 15.0. The van der Waals surface area contributed by atoms with E-state index in [0.717, 1.165) is 38.0 Å². The third-order valence-corrected chi connectivity index (χ3v) is 3.54.